The molecule has 0 bridgehead atoms. The third kappa shape index (κ3) is 37.9. The summed E-state index contributed by atoms with van der Waals surface area (Å²) in [6, 6.07) is -0.930. The molecule has 56 heavy (non-hydrogen) atoms. The molecule has 0 saturated heterocycles. The molecular weight excluding hydrogens is 723 g/mol. The summed E-state index contributed by atoms with van der Waals surface area (Å²) in [6.45, 7) is 4.47. The van der Waals surface area contributed by atoms with Crippen LogP contribution in [0.5, 0.6) is 0 Å². The number of carbonyl (C=O) groups is 1. The van der Waals surface area contributed by atoms with Crippen molar-refractivity contribution < 1.29 is 38.0 Å². The highest BCUT2D eigenvalue weighted by Crippen LogP contribution is 2.38. The number of unbranched alkanes of at least 4 members (excludes halogenated alkanes) is 25. The Kier molecular flexibility index (Phi) is 37.7. The van der Waals surface area contributed by atoms with Crippen LogP contribution in [0.25, 0.3) is 0 Å². The largest absolute Gasteiger partial charge is 0.756 e. The van der Waals surface area contributed by atoms with Crippen LogP contribution in [0, 0.1) is 23.7 Å². The smallest absolute Gasteiger partial charge is 0.268 e. The summed E-state index contributed by atoms with van der Waals surface area (Å²) in [5.74, 6) is 10.3. The van der Waals surface area contributed by atoms with Gasteiger partial charge in [-0.05, 0) is 37.0 Å². The molecule has 1 amide bonds. The lowest BCUT2D eigenvalue weighted by Crippen LogP contribution is -2.46. The average Bonchev–Trinajstić information content (AvgIpc) is 3.16. The molecule has 1 unspecified atom stereocenters. The standard InChI is InChI=1S/C46H85N2O7P/c1-5-7-9-11-13-15-17-19-20-22-24-26-28-30-34-38-46(51)47-44(45(50)37-33-29-27-25-23-21-18-16-14-12-10-8-6-2)43-55-56(52,53)54-42-40-48(3,4)39-35-31-32-36-41-49/h33,37,44-45,49-50H,5-30,34,38-43H2,1-4H3,(H-,47,51,52,53)/b37-33+/t44-,45+/m0/s1. The van der Waals surface area contributed by atoms with Crippen LogP contribution in [0.4, 0.5) is 0 Å². The molecule has 0 aliphatic heterocycles. The van der Waals surface area contributed by atoms with E-state index in [1.54, 1.807) is 6.08 Å². The molecule has 0 aromatic carbocycles. The van der Waals surface area contributed by atoms with E-state index >= 15 is 0 Å². The number of phosphoric acid groups is 1. The van der Waals surface area contributed by atoms with Crippen molar-refractivity contribution in [3.63, 3.8) is 0 Å². The number of allylic oxidation sites excluding steroid dienone is 1. The molecule has 9 nitrogen and oxygen atoms in total. The number of phosphoric ester groups is 1. The number of hydrogen-bond acceptors (Lipinski definition) is 7. The molecule has 3 N–H and O–H groups in total. The van der Waals surface area contributed by atoms with Crippen molar-refractivity contribution in [3.8, 4) is 23.7 Å². The number of nitrogens with one attached hydrogen (secondary N) is 1. The lowest BCUT2D eigenvalue weighted by Gasteiger charge is -2.30. The summed E-state index contributed by atoms with van der Waals surface area (Å²) >= 11 is 0. The number of carbonyl (C=O) groups excluding carboxylic acids is 1. The minimum atomic E-state index is -4.70. The van der Waals surface area contributed by atoms with E-state index in [2.05, 4.69) is 42.8 Å². The van der Waals surface area contributed by atoms with E-state index in [1.807, 2.05) is 20.2 Å². The fourth-order valence-corrected chi connectivity index (χ4v) is 7.25. The zero-order chi connectivity index (χ0) is 41.4. The van der Waals surface area contributed by atoms with Gasteiger partial charge in [-0.2, -0.15) is 0 Å². The average molecular weight is 809 g/mol. The third-order valence-corrected chi connectivity index (χ3v) is 11.2. The molecule has 0 heterocycles. The summed E-state index contributed by atoms with van der Waals surface area (Å²) in [6.07, 6.45) is 36.2. The van der Waals surface area contributed by atoms with Gasteiger partial charge in [0.1, 0.15) is 26.3 Å². The monoisotopic (exact) mass is 809 g/mol. The van der Waals surface area contributed by atoms with Crippen LogP contribution in [0.15, 0.2) is 12.2 Å². The second-order valence-electron chi connectivity index (χ2n) is 16.3. The van der Waals surface area contributed by atoms with Crippen LogP contribution in [-0.4, -0.2) is 79.8 Å². The predicted octanol–water partition coefficient (Wildman–Crippen LogP) is 9.93. The first-order valence-electron chi connectivity index (χ1n) is 22.7. The first-order valence-corrected chi connectivity index (χ1v) is 24.2. The van der Waals surface area contributed by atoms with Crippen LogP contribution < -0.4 is 10.2 Å². The van der Waals surface area contributed by atoms with Crippen molar-refractivity contribution in [3.05, 3.63) is 12.2 Å². The van der Waals surface area contributed by atoms with Gasteiger partial charge in [-0.1, -0.05) is 186 Å². The first kappa shape index (κ1) is 54.3. The quantitative estimate of drug-likeness (QED) is 0.0186. The predicted molar refractivity (Wildman–Crippen MR) is 232 cm³/mol. The molecule has 0 aromatic rings. The Bertz CT molecular complexity index is 1120. The van der Waals surface area contributed by atoms with E-state index in [9.17, 15) is 19.4 Å². The zero-order valence-corrected chi connectivity index (χ0v) is 37.4. The fourth-order valence-electron chi connectivity index (χ4n) is 6.53. The molecule has 0 aliphatic rings. The summed E-state index contributed by atoms with van der Waals surface area (Å²) in [5, 5.41) is 22.6. The summed E-state index contributed by atoms with van der Waals surface area (Å²) < 4.78 is 23.4. The van der Waals surface area contributed by atoms with Gasteiger partial charge in [0.25, 0.3) is 7.82 Å². The molecule has 0 aliphatic carbocycles. The maximum absolute atomic E-state index is 12.9. The van der Waals surface area contributed by atoms with Gasteiger partial charge in [-0.15, -0.1) is 0 Å². The van der Waals surface area contributed by atoms with Crippen LogP contribution in [-0.2, 0) is 18.4 Å². The number of nitrogens with zero attached hydrogens (tertiary/aromatic N) is 1. The number of hydrogen-bond donors (Lipinski definition) is 3. The van der Waals surface area contributed by atoms with E-state index in [0.717, 1.165) is 38.5 Å². The topological polar surface area (TPSA) is 128 Å². The van der Waals surface area contributed by atoms with Crippen LogP contribution in [0.2, 0.25) is 0 Å². The van der Waals surface area contributed by atoms with Crippen molar-refractivity contribution in [1.82, 2.24) is 5.32 Å². The van der Waals surface area contributed by atoms with Gasteiger partial charge in [0.2, 0.25) is 5.91 Å². The van der Waals surface area contributed by atoms with Crippen molar-refractivity contribution >= 4 is 13.7 Å². The number of likely N-dealkylation sites (N-methyl/N-ethyl adjacent to an activating group) is 1. The SMILES string of the molecule is CCCCCCCCCCCCC/C=C/[C@@H](O)[C@H](COP(=O)([O-])OCC[N+](C)(C)CC#CC#CCO)NC(=O)CCCCCCCCCCCCCCCCC. The van der Waals surface area contributed by atoms with Gasteiger partial charge in [-0.25, -0.2) is 0 Å². The lowest BCUT2D eigenvalue weighted by molar-refractivity contribution is -0.883. The number of aliphatic hydroxyl groups excluding tert-OH is 2. The lowest BCUT2D eigenvalue weighted by atomic mass is 10.0. The van der Waals surface area contributed by atoms with Crippen molar-refractivity contribution in [1.29, 1.82) is 0 Å². The van der Waals surface area contributed by atoms with Crippen molar-refractivity contribution in [2.75, 3.05) is 47.0 Å². The molecule has 0 radical (unpaired) electrons. The number of aliphatic hydroxyl groups is 2. The fraction of sp³-hybridized carbons (Fsp3) is 0.848. The van der Waals surface area contributed by atoms with Crippen LogP contribution >= 0.6 is 7.82 Å². The number of quaternary nitrogens is 1. The maximum Gasteiger partial charge on any atom is 0.268 e. The zero-order valence-electron chi connectivity index (χ0n) is 36.5. The third-order valence-electron chi connectivity index (χ3n) is 10.3. The van der Waals surface area contributed by atoms with E-state index in [1.165, 1.54) is 135 Å². The highest BCUT2D eigenvalue weighted by Gasteiger charge is 2.23. The van der Waals surface area contributed by atoms with Gasteiger partial charge in [0, 0.05) is 6.42 Å². The second-order valence-corrected chi connectivity index (χ2v) is 17.7. The summed E-state index contributed by atoms with van der Waals surface area (Å²) in [5.41, 5.74) is 0. The van der Waals surface area contributed by atoms with Gasteiger partial charge in [0.05, 0.1) is 32.8 Å². The normalized spacial score (nSPS) is 13.8. The van der Waals surface area contributed by atoms with E-state index in [4.69, 9.17) is 14.2 Å². The Morgan fingerprint density at radius 3 is 1.64 bits per heavy atom. The Labute approximate surface area is 344 Å². The minimum absolute atomic E-state index is 0.116. The molecule has 0 saturated carbocycles. The molecule has 10 heteroatoms. The number of amides is 1. The van der Waals surface area contributed by atoms with Crippen LogP contribution in [0.1, 0.15) is 194 Å². The molecular formula is C46H85N2O7P. The second kappa shape index (κ2) is 38.8. The summed E-state index contributed by atoms with van der Waals surface area (Å²) in [4.78, 5) is 25.6. The Morgan fingerprint density at radius 1 is 0.714 bits per heavy atom. The Hall–Kier alpha value is -1.68. The molecule has 0 fully saturated rings. The van der Waals surface area contributed by atoms with Crippen molar-refractivity contribution in [2.24, 2.45) is 0 Å². The molecule has 3 atom stereocenters. The maximum atomic E-state index is 12.9. The number of rotatable bonds is 39. The molecule has 0 spiro atoms. The molecule has 0 rings (SSSR count). The summed E-state index contributed by atoms with van der Waals surface area (Å²) in [7, 11) is -0.930. The van der Waals surface area contributed by atoms with Crippen molar-refractivity contribution in [2.45, 2.75) is 206 Å². The van der Waals surface area contributed by atoms with Gasteiger partial charge in [-0.3, -0.25) is 9.36 Å². The first-order chi connectivity index (χ1) is 27.1. The van der Waals surface area contributed by atoms with E-state index in [0.29, 0.717) is 24.0 Å². The van der Waals surface area contributed by atoms with E-state index < -0.39 is 26.6 Å². The minimum Gasteiger partial charge on any atom is -0.756 e. The van der Waals surface area contributed by atoms with Gasteiger partial charge < -0.3 is 34.0 Å². The molecule has 326 valence electrons. The van der Waals surface area contributed by atoms with E-state index in [-0.39, 0.29) is 19.1 Å². The Balaban J connectivity index is 4.71. The Morgan fingerprint density at radius 2 is 1.16 bits per heavy atom. The van der Waals surface area contributed by atoms with Gasteiger partial charge >= 0.3 is 0 Å². The van der Waals surface area contributed by atoms with Crippen LogP contribution in [0.3, 0.4) is 0 Å². The molecule has 0 aromatic heterocycles. The van der Waals surface area contributed by atoms with Gasteiger partial charge in [0.15, 0.2) is 0 Å². The highest BCUT2D eigenvalue weighted by molar-refractivity contribution is 7.45. The highest BCUT2D eigenvalue weighted by atomic mass is 31.2.